The maximum absolute atomic E-state index is 2.73. The Labute approximate surface area is 92.0 Å². The van der Waals surface area contributed by atoms with E-state index in [1.165, 1.54) is 33.9 Å². The zero-order valence-electron chi connectivity index (χ0n) is 10.2. The average Bonchev–Trinajstić information content (AvgIpc) is 1.80. The third kappa shape index (κ3) is 8.89. The minimum absolute atomic E-state index is 0.0354. The quantitative estimate of drug-likeness (QED) is 0.514. The van der Waals surface area contributed by atoms with E-state index in [1.54, 1.807) is 0 Å². The van der Waals surface area contributed by atoms with Crippen LogP contribution in [0.5, 0.6) is 0 Å². The lowest BCUT2D eigenvalue weighted by Gasteiger charge is -2.28. The highest BCUT2D eigenvalue weighted by Gasteiger charge is 2.09. The van der Waals surface area contributed by atoms with Crippen molar-refractivity contribution in [3.05, 3.63) is 0 Å². The van der Waals surface area contributed by atoms with Gasteiger partial charge in [-0.2, -0.15) is 0 Å². The Kier molecular flexibility index (Phi) is 7.25. The van der Waals surface area contributed by atoms with E-state index in [-0.39, 0.29) is 9.84 Å². The van der Waals surface area contributed by atoms with E-state index in [1.807, 2.05) is 0 Å². The molecule has 0 aliphatic heterocycles. The summed E-state index contributed by atoms with van der Waals surface area (Å²) < 4.78 is 5.39. The van der Waals surface area contributed by atoms with Crippen LogP contribution in [0.25, 0.3) is 0 Å². The molecule has 0 aromatic rings. The van der Waals surface area contributed by atoms with Crippen molar-refractivity contribution < 1.29 is 0 Å². The molecular formula is C8H26N2Si3. The van der Waals surface area contributed by atoms with Gasteiger partial charge in [0.05, 0.1) is 20.8 Å². The number of nitrogens with zero attached hydrogens (tertiary/aromatic N) is 2. The Morgan fingerprint density at radius 1 is 1.00 bits per heavy atom. The third-order valence-corrected chi connectivity index (χ3v) is 4.91. The van der Waals surface area contributed by atoms with E-state index < -0.39 is 0 Å². The summed E-state index contributed by atoms with van der Waals surface area (Å²) in [5, 5.41) is 0. The highest BCUT2D eigenvalue weighted by Crippen LogP contribution is 2.02. The van der Waals surface area contributed by atoms with Gasteiger partial charge in [0.15, 0.2) is 9.84 Å². The van der Waals surface area contributed by atoms with Crippen LogP contribution in [0.1, 0.15) is 27.7 Å². The molecule has 0 radical (unpaired) electrons. The smallest absolute Gasteiger partial charge is 0.158 e. The molecule has 80 valence electrons. The lowest BCUT2D eigenvalue weighted by atomic mass is 10.2. The molecular weight excluding hydrogens is 208 g/mol. The van der Waals surface area contributed by atoms with Gasteiger partial charge in [0.2, 0.25) is 0 Å². The fraction of sp³-hybridized carbons (Fsp3) is 1.00. The molecule has 0 aliphatic rings. The van der Waals surface area contributed by atoms with Gasteiger partial charge in [-0.05, 0) is 24.9 Å². The molecule has 0 aromatic carbocycles. The van der Waals surface area contributed by atoms with Gasteiger partial charge in [0.25, 0.3) is 0 Å². The molecule has 5 heteroatoms. The maximum atomic E-state index is 2.73. The SMILES string of the molecule is CC(C)CN(CC(C)C)[SiH2]N([SiH3])[SiH3]. The van der Waals surface area contributed by atoms with Crippen molar-refractivity contribution in [3.63, 3.8) is 0 Å². The van der Waals surface area contributed by atoms with Crippen LogP contribution in [0, 0.1) is 11.8 Å². The van der Waals surface area contributed by atoms with Gasteiger partial charge >= 0.3 is 0 Å². The van der Waals surface area contributed by atoms with Gasteiger partial charge in [-0.3, -0.25) is 0 Å². The highest BCUT2D eigenvalue weighted by molar-refractivity contribution is 6.50. The van der Waals surface area contributed by atoms with Gasteiger partial charge in [-0.15, -0.1) is 0 Å². The minimum Gasteiger partial charge on any atom is -0.376 e. The molecule has 0 rings (SSSR count). The average molecular weight is 235 g/mol. The van der Waals surface area contributed by atoms with Crippen molar-refractivity contribution in [2.75, 3.05) is 13.1 Å². The van der Waals surface area contributed by atoms with Gasteiger partial charge in [0, 0.05) is 0 Å². The van der Waals surface area contributed by atoms with Crippen LogP contribution in [-0.4, -0.2) is 52.2 Å². The van der Waals surface area contributed by atoms with Crippen LogP contribution < -0.4 is 0 Å². The van der Waals surface area contributed by atoms with Gasteiger partial charge < -0.3 is 8.46 Å². The van der Waals surface area contributed by atoms with Crippen molar-refractivity contribution in [1.82, 2.24) is 8.46 Å². The second kappa shape index (κ2) is 6.94. The molecule has 13 heavy (non-hydrogen) atoms. The maximum Gasteiger partial charge on any atom is 0.158 e. The molecule has 0 aliphatic carbocycles. The Morgan fingerprint density at radius 3 is 1.62 bits per heavy atom. The Bertz CT molecular complexity index is 105. The zero-order valence-corrected chi connectivity index (χ0v) is 15.6. The molecule has 0 bridgehead atoms. The third-order valence-electron chi connectivity index (χ3n) is 1.73. The molecule has 0 fully saturated rings. The summed E-state index contributed by atoms with van der Waals surface area (Å²) in [6.07, 6.45) is 0. The summed E-state index contributed by atoms with van der Waals surface area (Å²) in [4.78, 5) is 0. The first-order chi connectivity index (χ1) is 5.91. The summed E-state index contributed by atoms with van der Waals surface area (Å²) in [6, 6.07) is 0. The first-order valence-electron chi connectivity index (χ1n) is 5.29. The number of rotatable bonds is 6. The molecule has 0 N–H and O–H groups in total. The Morgan fingerprint density at radius 2 is 1.38 bits per heavy atom. The molecule has 2 nitrogen and oxygen atoms in total. The van der Waals surface area contributed by atoms with Gasteiger partial charge in [-0.1, -0.05) is 27.7 Å². The molecule has 0 unspecified atom stereocenters. The fourth-order valence-corrected chi connectivity index (χ4v) is 6.09. The summed E-state index contributed by atoms with van der Waals surface area (Å²) >= 11 is 0. The number of hydrogen-bond acceptors (Lipinski definition) is 2. The van der Waals surface area contributed by atoms with Crippen LogP contribution in [0.15, 0.2) is 0 Å². The monoisotopic (exact) mass is 234 g/mol. The second-order valence-electron chi connectivity index (χ2n) is 5.04. The first kappa shape index (κ1) is 13.6. The molecule has 0 aromatic heterocycles. The summed E-state index contributed by atoms with van der Waals surface area (Å²) in [6.45, 7) is 11.9. The van der Waals surface area contributed by atoms with Gasteiger partial charge in [0.1, 0.15) is 0 Å². The van der Waals surface area contributed by atoms with Crippen molar-refractivity contribution in [2.24, 2.45) is 11.8 Å². The van der Waals surface area contributed by atoms with Crippen molar-refractivity contribution in [3.8, 4) is 0 Å². The van der Waals surface area contributed by atoms with E-state index in [0.717, 1.165) is 11.8 Å². The van der Waals surface area contributed by atoms with E-state index in [2.05, 4.69) is 36.2 Å². The molecule has 0 heterocycles. The van der Waals surface area contributed by atoms with Gasteiger partial charge in [-0.25, -0.2) is 0 Å². The van der Waals surface area contributed by atoms with E-state index in [4.69, 9.17) is 0 Å². The molecule has 0 saturated carbocycles. The Hall–Kier alpha value is 0.571. The highest BCUT2D eigenvalue weighted by atomic mass is 28.3. The molecule has 0 spiro atoms. The lowest BCUT2D eigenvalue weighted by molar-refractivity contribution is 0.339. The Balaban J connectivity index is 3.87. The summed E-state index contributed by atoms with van der Waals surface area (Å²) in [5.74, 6) is 1.66. The van der Waals surface area contributed by atoms with E-state index in [0.29, 0.717) is 0 Å². The predicted octanol–water partition coefficient (Wildman–Crippen LogP) is -1.54. The van der Waals surface area contributed by atoms with E-state index >= 15 is 0 Å². The van der Waals surface area contributed by atoms with Crippen molar-refractivity contribution in [2.45, 2.75) is 27.7 Å². The standard InChI is InChI=1S/C8H26N2Si3/c1-7(2)5-9(6-8(3)4)13-10(11)12/h7-8H,5-6,13H2,1-4,11-12H3. The fourth-order valence-electron chi connectivity index (χ4n) is 1.62. The first-order valence-corrected chi connectivity index (χ1v) is 8.34. The lowest BCUT2D eigenvalue weighted by Crippen LogP contribution is -2.42. The van der Waals surface area contributed by atoms with Crippen molar-refractivity contribution in [1.29, 1.82) is 0 Å². The summed E-state index contributed by atoms with van der Waals surface area (Å²) in [5.41, 5.74) is 0. The van der Waals surface area contributed by atoms with Crippen LogP contribution >= 0.6 is 0 Å². The largest absolute Gasteiger partial charge is 0.376 e. The van der Waals surface area contributed by atoms with Crippen LogP contribution in [0.3, 0.4) is 0 Å². The van der Waals surface area contributed by atoms with Crippen LogP contribution in [-0.2, 0) is 0 Å². The molecule has 0 atom stereocenters. The number of hydrogen-bond donors (Lipinski definition) is 0. The van der Waals surface area contributed by atoms with Crippen LogP contribution in [0.2, 0.25) is 0 Å². The summed E-state index contributed by atoms with van der Waals surface area (Å²) in [7, 11) is 2.53. The second-order valence-corrected chi connectivity index (χ2v) is 14.9. The van der Waals surface area contributed by atoms with Crippen LogP contribution in [0.4, 0.5) is 0 Å². The molecule has 0 amide bonds. The van der Waals surface area contributed by atoms with Crippen molar-refractivity contribution >= 4 is 30.7 Å². The topological polar surface area (TPSA) is 6.48 Å². The normalized spacial score (nSPS) is 13.8. The minimum atomic E-state index is -0.0354. The predicted molar refractivity (Wildman–Crippen MR) is 71.5 cm³/mol. The van der Waals surface area contributed by atoms with E-state index in [9.17, 15) is 0 Å². The molecule has 0 saturated heterocycles. The zero-order chi connectivity index (χ0) is 10.4.